The number of anilines is 1. The minimum atomic E-state index is -0.239. The van der Waals surface area contributed by atoms with E-state index in [2.05, 4.69) is 25.4 Å². The summed E-state index contributed by atoms with van der Waals surface area (Å²) in [4.78, 5) is 16.7. The lowest BCUT2D eigenvalue weighted by Crippen LogP contribution is -2.07. The molecule has 104 valence electrons. The number of benzene rings is 1. The molecule has 0 unspecified atom stereocenters. The first-order valence-electron chi connectivity index (χ1n) is 5.83. The molecule has 20 heavy (non-hydrogen) atoms. The van der Waals surface area contributed by atoms with Crippen LogP contribution < -0.4 is 4.90 Å². The average Bonchev–Trinajstić information content (AvgIpc) is 2.86. The van der Waals surface area contributed by atoms with Gasteiger partial charge in [-0.1, -0.05) is 0 Å². The lowest BCUT2D eigenvalue weighted by atomic mass is 10.2. The number of carbonyl (C=O) groups is 1. The van der Waals surface area contributed by atoms with Crippen LogP contribution in [0.25, 0.3) is 0 Å². The molecule has 0 bridgehead atoms. The van der Waals surface area contributed by atoms with Gasteiger partial charge in [0.15, 0.2) is 11.6 Å². The third-order valence-electron chi connectivity index (χ3n) is 2.53. The topological polar surface area (TPSA) is 107 Å². The van der Waals surface area contributed by atoms with E-state index >= 15 is 0 Å². The third kappa shape index (κ3) is 2.97. The van der Waals surface area contributed by atoms with Gasteiger partial charge in [0.2, 0.25) is 0 Å². The average molecular weight is 274 g/mol. The van der Waals surface area contributed by atoms with E-state index in [1.54, 1.807) is 18.2 Å². The zero-order valence-electron chi connectivity index (χ0n) is 11.3. The molecule has 0 aliphatic carbocycles. The number of ketones is 1. The highest BCUT2D eigenvalue weighted by molar-refractivity contribution is 5.90. The summed E-state index contributed by atoms with van der Waals surface area (Å²) in [5.74, 6) is -0.0863. The molecule has 0 spiro atoms. The number of aromatic nitrogens is 3. The number of aromatic amines is 1. The van der Waals surface area contributed by atoms with Crippen LogP contribution in [0.5, 0.6) is 5.75 Å². The van der Waals surface area contributed by atoms with Gasteiger partial charge >= 0.3 is 0 Å². The molecule has 0 aliphatic rings. The predicted molar refractivity (Wildman–Crippen MR) is 73.0 cm³/mol. The molecule has 1 aromatic carbocycles. The van der Waals surface area contributed by atoms with Crippen LogP contribution in [0.2, 0.25) is 0 Å². The molecule has 2 aromatic rings. The molecule has 1 aromatic heterocycles. The highest BCUT2D eigenvalue weighted by atomic mass is 16.3. The first-order valence-corrected chi connectivity index (χ1v) is 5.83. The number of nitrogens with one attached hydrogen (secondary N) is 1. The molecular formula is C12H14N6O2. The van der Waals surface area contributed by atoms with E-state index in [1.165, 1.54) is 6.92 Å². The summed E-state index contributed by atoms with van der Waals surface area (Å²) >= 11 is 0. The quantitative estimate of drug-likeness (QED) is 0.656. The second kappa shape index (κ2) is 5.47. The number of phenolic OH excluding ortho intramolecular Hbond substituents is 1. The Kier molecular flexibility index (Phi) is 3.74. The van der Waals surface area contributed by atoms with E-state index in [9.17, 15) is 9.90 Å². The standard InChI is InChI=1S/C12H14N6O2/c1-7(19)11-13-12(17-15-11)16-14-9-5-4-8(18(2)3)6-10(9)20/h4-6,20H,1-3H3,(H,13,15,17)/b16-14+. The Labute approximate surface area is 115 Å². The number of aromatic hydroxyl groups is 1. The molecule has 0 aliphatic heterocycles. The van der Waals surface area contributed by atoms with Gasteiger partial charge in [0.1, 0.15) is 11.4 Å². The molecule has 2 N–H and O–H groups in total. The fourth-order valence-electron chi connectivity index (χ4n) is 1.43. The molecule has 0 radical (unpaired) electrons. The number of rotatable bonds is 4. The van der Waals surface area contributed by atoms with Crippen LogP contribution in [0, 0.1) is 0 Å². The number of hydrogen-bond donors (Lipinski definition) is 2. The van der Waals surface area contributed by atoms with Crippen molar-refractivity contribution in [3.05, 3.63) is 24.0 Å². The van der Waals surface area contributed by atoms with Gasteiger partial charge in [0.25, 0.3) is 5.95 Å². The Morgan fingerprint density at radius 2 is 2.10 bits per heavy atom. The lowest BCUT2D eigenvalue weighted by molar-refractivity contribution is 0.100. The maximum Gasteiger partial charge on any atom is 0.287 e. The minimum absolute atomic E-state index is 0.00211. The summed E-state index contributed by atoms with van der Waals surface area (Å²) in [6.07, 6.45) is 0. The smallest absolute Gasteiger partial charge is 0.287 e. The van der Waals surface area contributed by atoms with Crippen LogP contribution in [0.4, 0.5) is 17.3 Å². The van der Waals surface area contributed by atoms with Crippen molar-refractivity contribution in [1.29, 1.82) is 0 Å². The highest BCUT2D eigenvalue weighted by Crippen LogP contribution is 2.31. The minimum Gasteiger partial charge on any atom is -0.506 e. The van der Waals surface area contributed by atoms with Crippen LogP contribution >= 0.6 is 0 Å². The monoisotopic (exact) mass is 274 g/mol. The van der Waals surface area contributed by atoms with Crippen molar-refractivity contribution >= 4 is 23.1 Å². The van der Waals surface area contributed by atoms with Crippen molar-refractivity contribution < 1.29 is 9.90 Å². The van der Waals surface area contributed by atoms with E-state index in [-0.39, 0.29) is 23.3 Å². The molecular weight excluding hydrogens is 260 g/mol. The van der Waals surface area contributed by atoms with Gasteiger partial charge in [-0.3, -0.25) is 9.89 Å². The zero-order chi connectivity index (χ0) is 14.7. The molecule has 2 rings (SSSR count). The van der Waals surface area contributed by atoms with Crippen LogP contribution in [-0.4, -0.2) is 40.2 Å². The second-order valence-corrected chi connectivity index (χ2v) is 4.31. The van der Waals surface area contributed by atoms with E-state index in [0.717, 1.165) is 5.69 Å². The molecule has 0 saturated heterocycles. The highest BCUT2D eigenvalue weighted by Gasteiger charge is 2.07. The van der Waals surface area contributed by atoms with Crippen LogP contribution in [0.15, 0.2) is 28.4 Å². The summed E-state index contributed by atoms with van der Waals surface area (Å²) in [6.45, 7) is 1.37. The maximum absolute atomic E-state index is 11.0. The van der Waals surface area contributed by atoms with Crippen LogP contribution in [0.3, 0.4) is 0 Å². The van der Waals surface area contributed by atoms with Crippen LogP contribution in [0.1, 0.15) is 17.5 Å². The van der Waals surface area contributed by atoms with Crippen LogP contribution in [-0.2, 0) is 0 Å². The van der Waals surface area contributed by atoms with Gasteiger partial charge in [-0.05, 0) is 12.1 Å². The number of azo groups is 1. The van der Waals surface area contributed by atoms with Gasteiger partial charge < -0.3 is 10.0 Å². The summed E-state index contributed by atoms with van der Waals surface area (Å²) in [6, 6.07) is 5.01. The number of phenols is 1. The fraction of sp³-hybridized carbons (Fsp3) is 0.250. The van der Waals surface area contributed by atoms with Crippen molar-refractivity contribution in [3.63, 3.8) is 0 Å². The van der Waals surface area contributed by atoms with E-state index in [1.807, 2.05) is 19.0 Å². The van der Waals surface area contributed by atoms with E-state index < -0.39 is 0 Å². The maximum atomic E-state index is 11.0. The number of carbonyl (C=O) groups excluding carboxylic acids is 1. The first-order chi connectivity index (χ1) is 9.47. The van der Waals surface area contributed by atoms with E-state index in [0.29, 0.717) is 5.69 Å². The van der Waals surface area contributed by atoms with Crippen molar-refractivity contribution in [2.24, 2.45) is 10.2 Å². The van der Waals surface area contributed by atoms with Gasteiger partial charge in [-0.2, -0.15) is 4.98 Å². The largest absolute Gasteiger partial charge is 0.506 e. The Balaban J connectivity index is 2.20. The zero-order valence-corrected chi connectivity index (χ0v) is 11.3. The molecule has 0 fully saturated rings. The summed E-state index contributed by atoms with van der Waals surface area (Å²) in [5.41, 5.74) is 1.14. The predicted octanol–water partition coefficient (Wildman–Crippen LogP) is 2.19. The number of H-pyrrole nitrogens is 1. The van der Waals surface area contributed by atoms with Crippen molar-refractivity contribution in [3.8, 4) is 5.75 Å². The molecule has 0 saturated carbocycles. The lowest BCUT2D eigenvalue weighted by Gasteiger charge is -2.12. The molecule has 8 nitrogen and oxygen atoms in total. The molecule has 0 atom stereocenters. The molecule has 8 heteroatoms. The molecule has 1 heterocycles. The van der Waals surface area contributed by atoms with Crippen molar-refractivity contribution in [2.75, 3.05) is 19.0 Å². The Morgan fingerprint density at radius 1 is 1.35 bits per heavy atom. The Morgan fingerprint density at radius 3 is 2.65 bits per heavy atom. The van der Waals surface area contributed by atoms with Crippen molar-refractivity contribution in [1.82, 2.24) is 15.2 Å². The summed E-state index contributed by atoms with van der Waals surface area (Å²) in [5, 5.41) is 23.6. The summed E-state index contributed by atoms with van der Waals surface area (Å²) < 4.78 is 0. The SMILES string of the molecule is CC(=O)c1nc(/N=N/c2ccc(N(C)C)cc2O)n[nH]1. The van der Waals surface area contributed by atoms with E-state index in [4.69, 9.17) is 0 Å². The Hall–Kier alpha value is -2.77. The van der Waals surface area contributed by atoms with Crippen molar-refractivity contribution in [2.45, 2.75) is 6.92 Å². The third-order valence-corrected chi connectivity index (χ3v) is 2.53. The summed E-state index contributed by atoms with van der Waals surface area (Å²) in [7, 11) is 3.74. The van der Waals surface area contributed by atoms with Gasteiger partial charge in [0.05, 0.1) is 0 Å². The number of Topliss-reactive ketones (excluding diaryl/α,β-unsaturated/α-hetero) is 1. The second-order valence-electron chi connectivity index (χ2n) is 4.31. The van der Waals surface area contributed by atoms with Gasteiger partial charge in [0, 0.05) is 32.8 Å². The fourth-order valence-corrected chi connectivity index (χ4v) is 1.43. The number of hydrogen-bond acceptors (Lipinski definition) is 7. The molecule has 0 amide bonds. The normalized spacial score (nSPS) is 10.9. The van der Waals surface area contributed by atoms with Gasteiger partial charge in [-0.25, -0.2) is 0 Å². The Bertz CT molecular complexity index is 662. The number of nitrogens with zero attached hydrogens (tertiary/aromatic N) is 5. The first kappa shape index (κ1) is 13.7. The van der Waals surface area contributed by atoms with Gasteiger partial charge in [-0.15, -0.1) is 15.3 Å².